The Morgan fingerprint density at radius 1 is 1.20 bits per heavy atom. The van der Waals surface area contributed by atoms with Crippen LogP contribution in [0.2, 0.25) is 0 Å². The van der Waals surface area contributed by atoms with E-state index in [9.17, 15) is 4.79 Å². The topological polar surface area (TPSA) is 22.0 Å². The van der Waals surface area contributed by atoms with Gasteiger partial charge in [-0.2, -0.15) is 0 Å². The van der Waals surface area contributed by atoms with Gasteiger partial charge in [-0.3, -0.25) is 4.79 Å². The largest absolute Gasteiger partial charge is 0.337 e. The molecule has 1 aliphatic heterocycles. The van der Waals surface area contributed by atoms with E-state index in [0.29, 0.717) is 23.2 Å². The van der Waals surface area contributed by atoms with Crippen LogP contribution in [0.1, 0.15) is 21.7 Å². The van der Waals surface area contributed by atoms with Crippen molar-refractivity contribution < 1.29 is 4.79 Å². The molecule has 20 heavy (non-hydrogen) atoms. The molecule has 0 bridgehead atoms. The number of hydrogen-bond acceptors (Lipinski definition) is 1. The highest BCUT2D eigenvalue weighted by Crippen LogP contribution is 2.41. The minimum absolute atomic E-state index is 0.102. The summed E-state index contributed by atoms with van der Waals surface area (Å²) < 4.78 is 1.94. The van der Waals surface area contributed by atoms with Gasteiger partial charge in [0.1, 0.15) is 0 Å². The zero-order chi connectivity index (χ0) is 14.1. The first kappa shape index (κ1) is 13.5. The molecule has 4 heteroatoms. The second-order valence-electron chi connectivity index (χ2n) is 4.82. The second kappa shape index (κ2) is 5.47. The molecule has 0 aliphatic carbocycles. The molecular formula is C16H13Cl2NO. The Morgan fingerprint density at radius 2 is 1.95 bits per heavy atom. The average molecular weight is 306 g/mol. The molecule has 2 nitrogen and oxygen atoms in total. The van der Waals surface area contributed by atoms with Crippen LogP contribution in [0.5, 0.6) is 0 Å². The normalized spacial score (nSPS) is 18.0. The molecule has 1 aromatic carbocycles. The maximum absolute atomic E-state index is 11.1. The summed E-state index contributed by atoms with van der Waals surface area (Å²) in [5, 5.41) is 0.682. The molecule has 2 heterocycles. The molecule has 0 saturated carbocycles. The van der Waals surface area contributed by atoms with Crippen molar-refractivity contribution in [1.29, 1.82) is 0 Å². The highest BCUT2D eigenvalue weighted by Gasteiger charge is 2.28. The van der Waals surface area contributed by atoms with Gasteiger partial charge >= 0.3 is 0 Å². The third kappa shape index (κ3) is 2.09. The lowest BCUT2D eigenvalue weighted by Crippen LogP contribution is -2.22. The van der Waals surface area contributed by atoms with Crippen molar-refractivity contribution in [3.63, 3.8) is 0 Å². The van der Waals surface area contributed by atoms with Gasteiger partial charge in [-0.15, -0.1) is 11.6 Å². The van der Waals surface area contributed by atoms with Gasteiger partial charge in [0.25, 0.3) is 0 Å². The number of benzene rings is 1. The van der Waals surface area contributed by atoms with E-state index < -0.39 is 0 Å². The number of carbonyl (C=O) groups excluding carboxylic acids is 1. The molecule has 0 amide bonds. The van der Waals surface area contributed by atoms with Gasteiger partial charge in [0.15, 0.2) is 6.29 Å². The standard InChI is InChI=1S/C16H13Cl2NO/c17-8-12-9-19-13(10-20)6-7-14(19)16(18)15(12)11-4-2-1-3-5-11/h1-7,10,12H,8-9H2. The van der Waals surface area contributed by atoms with Crippen molar-refractivity contribution in [2.75, 3.05) is 5.88 Å². The third-order valence-electron chi connectivity index (χ3n) is 3.68. The third-order valence-corrected chi connectivity index (χ3v) is 4.45. The molecule has 1 aromatic heterocycles. The highest BCUT2D eigenvalue weighted by molar-refractivity contribution is 6.52. The van der Waals surface area contributed by atoms with Crippen LogP contribution in [0.3, 0.4) is 0 Å². The SMILES string of the molecule is O=Cc1ccc2n1CC(CCl)C(c1ccccc1)=C2Cl. The summed E-state index contributed by atoms with van der Waals surface area (Å²) >= 11 is 12.7. The molecule has 0 saturated heterocycles. The number of aromatic nitrogens is 1. The molecule has 1 atom stereocenters. The first-order valence-electron chi connectivity index (χ1n) is 6.42. The van der Waals surface area contributed by atoms with Crippen molar-refractivity contribution in [1.82, 2.24) is 4.57 Å². The number of nitrogens with zero attached hydrogens (tertiary/aromatic N) is 1. The fourth-order valence-corrected chi connectivity index (χ4v) is 3.40. The highest BCUT2D eigenvalue weighted by atomic mass is 35.5. The van der Waals surface area contributed by atoms with Crippen molar-refractivity contribution in [3.05, 3.63) is 59.4 Å². The molecule has 0 radical (unpaired) electrons. The van der Waals surface area contributed by atoms with E-state index in [2.05, 4.69) is 0 Å². The van der Waals surface area contributed by atoms with Gasteiger partial charge in [0.05, 0.1) is 16.4 Å². The van der Waals surface area contributed by atoms with Crippen LogP contribution in [-0.2, 0) is 6.54 Å². The second-order valence-corrected chi connectivity index (χ2v) is 5.50. The lowest BCUT2D eigenvalue weighted by molar-refractivity contribution is 0.111. The van der Waals surface area contributed by atoms with Crippen molar-refractivity contribution >= 4 is 40.1 Å². The molecule has 0 spiro atoms. The first-order valence-corrected chi connectivity index (χ1v) is 7.33. The molecule has 102 valence electrons. The number of rotatable bonds is 3. The lowest BCUT2D eigenvalue weighted by Gasteiger charge is -2.28. The van der Waals surface area contributed by atoms with Crippen LogP contribution in [0.25, 0.3) is 10.6 Å². The summed E-state index contributed by atoms with van der Waals surface area (Å²) in [6.45, 7) is 0.681. The van der Waals surface area contributed by atoms with E-state index in [4.69, 9.17) is 23.2 Å². The fourth-order valence-electron chi connectivity index (χ4n) is 2.72. The van der Waals surface area contributed by atoms with Gasteiger partial charge in [-0.05, 0) is 23.3 Å². The van der Waals surface area contributed by atoms with Crippen LogP contribution in [0.4, 0.5) is 0 Å². The van der Waals surface area contributed by atoms with Crippen LogP contribution in [0.15, 0.2) is 42.5 Å². The van der Waals surface area contributed by atoms with Gasteiger partial charge in [-0.25, -0.2) is 0 Å². The maximum Gasteiger partial charge on any atom is 0.166 e. The molecule has 0 fully saturated rings. The zero-order valence-corrected chi connectivity index (χ0v) is 12.2. The van der Waals surface area contributed by atoms with Gasteiger partial charge in [0.2, 0.25) is 0 Å². The van der Waals surface area contributed by atoms with E-state index in [0.717, 1.165) is 23.1 Å². The predicted octanol–water partition coefficient (Wildman–Crippen LogP) is 4.28. The van der Waals surface area contributed by atoms with Gasteiger partial charge < -0.3 is 4.57 Å². The van der Waals surface area contributed by atoms with Gasteiger partial charge in [0, 0.05) is 18.3 Å². The van der Waals surface area contributed by atoms with Crippen molar-refractivity contribution in [3.8, 4) is 0 Å². The summed E-state index contributed by atoms with van der Waals surface area (Å²) in [5.41, 5.74) is 3.67. The van der Waals surface area contributed by atoms with Crippen LogP contribution in [0, 0.1) is 5.92 Å². The molecule has 1 unspecified atom stereocenters. The molecule has 2 aromatic rings. The summed E-state index contributed by atoms with van der Waals surface area (Å²) in [7, 11) is 0. The van der Waals surface area contributed by atoms with E-state index in [1.54, 1.807) is 6.07 Å². The van der Waals surface area contributed by atoms with Crippen molar-refractivity contribution in [2.45, 2.75) is 6.54 Å². The smallest absolute Gasteiger partial charge is 0.166 e. The Bertz CT molecular complexity index is 673. The van der Waals surface area contributed by atoms with E-state index >= 15 is 0 Å². The summed E-state index contributed by atoms with van der Waals surface area (Å²) in [4.78, 5) is 11.1. The quantitative estimate of drug-likeness (QED) is 0.613. The minimum atomic E-state index is 0.102. The predicted molar refractivity (Wildman–Crippen MR) is 83.1 cm³/mol. The number of carbonyl (C=O) groups is 1. The summed E-state index contributed by atoms with van der Waals surface area (Å²) in [5.74, 6) is 0.571. The monoisotopic (exact) mass is 305 g/mol. The molecule has 1 aliphatic rings. The first-order chi connectivity index (χ1) is 9.76. The maximum atomic E-state index is 11.1. The van der Waals surface area contributed by atoms with Gasteiger partial charge in [-0.1, -0.05) is 41.9 Å². The zero-order valence-electron chi connectivity index (χ0n) is 10.7. The Hall–Kier alpha value is -1.51. The fraction of sp³-hybridized carbons (Fsp3) is 0.188. The van der Waals surface area contributed by atoms with Crippen LogP contribution < -0.4 is 0 Å². The van der Waals surface area contributed by atoms with E-state index in [-0.39, 0.29) is 5.92 Å². The van der Waals surface area contributed by atoms with E-state index in [1.807, 2.05) is 41.0 Å². The van der Waals surface area contributed by atoms with Crippen molar-refractivity contribution in [2.24, 2.45) is 5.92 Å². The summed E-state index contributed by atoms with van der Waals surface area (Å²) in [6.07, 6.45) is 0.854. The summed E-state index contributed by atoms with van der Waals surface area (Å²) in [6, 6.07) is 13.7. The Kier molecular flexibility index (Phi) is 3.68. The Balaban J connectivity index is 2.19. The van der Waals surface area contributed by atoms with E-state index in [1.165, 1.54) is 0 Å². The Labute approximate surface area is 127 Å². The van der Waals surface area contributed by atoms with Crippen LogP contribution >= 0.6 is 23.2 Å². The number of halogens is 2. The molecular weight excluding hydrogens is 293 g/mol. The number of aldehydes is 1. The number of hydrogen-bond donors (Lipinski definition) is 0. The minimum Gasteiger partial charge on any atom is -0.337 e. The number of fused-ring (bicyclic) bond motifs is 1. The van der Waals surface area contributed by atoms with Crippen LogP contribution in [-0.4, -0.2) is 16.7 Å². The molecule has 3 rings (SSSR count). The average Bonchev–Trinajstić information content (AvgIpc) is 2.91. The number of allylic oxidation sites excluding steroid dienone is 1. The molecule has 0 N–H and O–H groups in total. The number of alkyl halides is 1. The lowest BCUT2D eigenvalue weighted by atomic mass is 9.90. The Morgan fingerprint density at radius 3 is 2.60 bits per heavy atom.